The van der Waals surface area contributed by atoms with Crippen molar-refractivity contribution in [3.05, 3.63) is 35.4 Å². The van der Waals surface area contributed by atoms with E-state index in [2.05, 4.69) is 12.1 Å². The van der Waals surface area contributed by atoms with Crippen LogP contribution in [0.4, 0.5) is 0 Å². The number of rotatable bonds is 2. The first kappa shape index (κ1) is 10.3. The minimum atomic E-state index is -0.549. The van der Waals surface area contributed by atoms with E-state index in [1.165, 1.54) is 0 Å². The van der Waals surface area contributed by atoms with Crippen LogP contribution in [0.2, 0.25) is 0 Å². The van der Waals surface area contributed by atoms with Gasteiger partial charge in [0.15, 0.2) is 0 Å². The Balaban J connectivity index is 3.33. The smallest absolute Gasteiger partial charge is 0.0995 e. The average Bonchev–Trinajstić information content (AvgIpc) is 2.28. The maximum atomic E-state index is 9.10. The number of hydrogen-bond acceptors (Lipinski definition) is 2. The lowest BCUT2D eigenvalue weighted by molar-refractivity contribution is 0.586. The zero-order chi connectivity index (χ0) is 10.6. The highest BCUT2D eigenvalue weighted by Crippen LogP contribution is 2.28. The third-order valence-corrected chi connectivity index (χ3v) is 2.60. The summed E-state index contributed by atoms with van der Waals surface area (Å²) in [5.41, 5.74) is 0.873. The Hall–Kier alpha value is -1.80. The molecule has 0 aliphatic carbocycles. The highest BCUT2D eigenvalue weighted by Gasteiger charge is 2.26. The number of benzene rings is 1. The van der Waals surface area contributed by atoms with E-state index in [4.69, 9.17) is 10.5 Å². The molecule has 1 rings (SSSR count). The molecule has 2 nitrogen and oxygen atoms in total. The van der Waals surface area contributed by atoms with Gasteiger partial charge in [-0.3, -0.25) is 0 Å². The molecule has 0 heterocycles. The van der Waals surface area contributed by atoms with Gasteiger partial charge in [0.05, 0.1) is 23.1 Å². The molecule has 1 unspecified atom stereocenters. The summed E-state index contributed by atoms with van der Waals surface area (Å²) in [7, 11) is 0. The van der Waals surface area contributed by atoms with Crippen LogP contribution in [0.5, 0.6) is 0 Å². The van der Waals surface area contributed by atoms with E-state index in [0.717, 1.165) is 5.56 Å². The molecule has 0 radical (unpaired) electrons. The summed E-state index contributed by atoms with van der Waals surface area (Å²) in [5.74, 6) is 0. The maximum Gasteiger partial charge on any atom is 0.0995 e. The van der Waals surface area contributed by atoms with Gasteiger partial charge < -0.3 is 0 Å². The highest BCUT2D eigenvalue weighted by molar-refractivity contribution is 5.44. The number of nitriles is 2. The van der Waals surface area contributed by atoms with Crippen LogP contribution in [0, 0.1) is 22.7 Å². The van der Waals surface area contributed by atoms with Gasteiger partial charge in [0, 0.05) is 0 Å². The van der Waals surface area contributed by atoms with Crippen LogP contribution in [-0.4, -0.2) is 0 Å². The Labute approximate surface area is 84.4 Å². The molecular weight excluding hydrogens is 172 g/mol. The molecule has 0 N–H and O–H groups in total. The predicted molar refractivity (Wildman–Crippen MR) is 54.4 cm³/mol. The lowest BCUT2D eigenvalue weighted by Gasteiger charge is -2.20. The van der Waals surface area contributed by atoms with Gasteiger partial charge >= 0.3 is 0 Å². The van der Waals surface area contributed by atoms with Gasteiger partial charge in [0.1, 0.15) is 0 Å². The molecule has 0 saturated heterocycles. The molecule has 0 amide bonds. The summed E-state index contributed by atoms with van der Waals surface area (Å²) in [6.45, 7) is 3.82. The van der Waals surface area contributed by atoms with Gasteiger partial charge in [0.2, 0.25) is 0 Å². The van der Waals surface area contributed by atoms with Crippen LogP contribution < -0.4 is 0 Å². The van der Waals surface area contributed by atoms with Crippen molar-refractivity contribution in [2.45, 2.75) is 25.7 Å². The lowest BCUT2D eigenvalue weighted by Crippen LogP contribution is -2.19. The zero-order valence-electron chi connectivity index (χ0n) is 8.41. The Morgan fingerprint density at radius 1 is 1.29 bits per heavy atom. The first-order valence-electron chi connectivity index (χ1n) is 4.59. The normalized spacial score (nSPS) is 13.7. The summed E-state index contributed by atoms with van der Waals surface area (Å²) >= 11 is 0. The maximum absolute atomic E-state index is 9.10. The molecular formula is C12H12N2. The quantitative estimate of drug-likeness (QED) is 0.709. The zero-order valence-corrected chi connectivity index (χ0v) is 8.41. The van der Waals surface area contributed by atoms with Crippen LogP contribution in [-0.2, 0) is 5.41 Å². The van der Waals surface area contributed by atoms with Crippen LogP contribution in [0.25, 0.3) is 0 Å². The van der Waals surface area contributed by atoms with Crippen LogP contribution in [0.15, 0.2) is 24.3 Å². The third kappa shape index (κ3) is 1.60. The van der Waals surface area contributed by atoms with E-state index in [1.54, 1.807) is 6.07 Å². The standard InChI is InChI=1S/C12H12N2/c1-3-12(2,9-14)11-7-5-4-6-10(11)8-13/h4-7H,3H2,1-2H3. The molecule has 0 bridgehead atoms. The van der Waals surface area contributed by atoms with Gasteiger partial charge in [-0.1, -0.05) is 25.1 Å². The van der Waals surface area contributed by atoms with Crippen molar-refractivity contribution in [1.82, 2.24) is 0 Å². The second kappa shape index (κ2) is 3.94. The SMILES string of the molecule is CCC(C)(C#N)c1ccccc1C#N. The van der Waals surface area contributed by atoms with Crippen molar-refractivity contribution in [2.75, 3.05) is 0 Å². The first-order valence-corrected chi connectivity index (χ1v) is 4.59. The molecule has 1 atom stereocenters. The molecule has 14 heavy (non-hydrogen) atoms. The van der Waals surface area contributed by atoms with Gasteiger partial charge in [0.25, 0.3) is 0 Å². The molecule has 2 heteroatoms. The van der Waals surface area contributed by atoms with Gasteiger partial charge in [-0.05, 0) is 25.0 Å². The third-order valence-electron chi connectivity index (χ3n) is 2.60. The van der Waals surface area contributed by atoms with E-state index in [-0.39, 0.29) is 0 Å². The van der Waals surface area contributed by atoms with E-state index in [1.807, 2.05) is 32.0 Å². The van der Waals surface area contributed by atoms with Gasteiger partial charge in [-0.2, -0.15) is 10.5 Å². The molecule has 0 fully saturated rings. The minimum Gasteiger partial charge on any atom is -0.197 e. The summed E-state index contributed by atoms with van der Waals surface area (Å²) in [6.07, 6.45) is 0.711. The summed E-state index contributed by atoms with van der Waals surface area (Å²) < 4.78 is 0. The second-order valence-electron chi connectivity index (χ2n) is 3.45. The molecule has 0 saturated carbocycles. The number of hydrogen-bond donors (Lipinski definition) is 0. The summed E-state index contributed by atoms with van der Waals surface area (Å²) in [4.78, 5) is 0. The molecule has 70 valence electrons. The van der Waals surface area contributed by atoms with Crippen molar-refractivity contribution in [3.8, 4) is 12.1 Å². The highest BCUT2D eigenvalue weighted by atomic mass is 14.4. The van der Waals surface area contributed by atoms with E-state index < -0.39 is 5.41 Å². The molecule has 0 spiro atoms. The van der Waals surface area contributed by atoms with Crippen molar-refractivity contribution in [1.29, 1.82) is 10.5 Å². The monoisotopic (exact) mass is 184 g/mol. The molecule has 1 aromatic carbocycles. The minimum absolute atomic E-state index is 0.549. The van der Waals surface area contributed by atoms with Gasteiger partial charge in [-0.15, -0.1) is 0 Å². The lowest BCUT2D eigenvalue weighted by atomic mass is 9.79. The molecule has 0 aromatic heterocycles. The fourth-order valence-electron chi connectivity index (χ4n) is 1.39. The molecule has 0 aliphatic rings. The van der Waals surface area contributed by atoms with Crippen molar-refractivity contribution >= 4 is 0 Å². The summed E-state index contributed by atoms with van der Waals surface area (Å²) in [5, 5.41) is 18.0. The van der Waals surface area contributed by atoms with Gasteiger partial charge in [-0.25, -0.2) is 0 Å². The average molecular weight is 184 g/mol. The van der Waals surface area contributed by atoms with Crippen LogP contribution >= 0.6 is 0 Å². The molecule has 0 aliphatic heterocycles. The van der Waals surface area contributed by atoms with Crippen molar-refractivity contribution < 1.29 is 0 Å². The van der Waals surface area contributed by atoms with Crippen molar-refractivity contribution in [3.63, 3.8) is 0 Å². The Bertz CT molecular complexity index is 409. The van der Waals surface area contributed by atoms with Crippen LogP contribution in [0.3, 0.4) is 0 Å². The summed E-state index contributed by atoms with van der Waals surface area (Å²) in [6, 6.07) is 11.7. The van der Waals surface area contributed by atoms with E-state index in [0.29, 0.717) is 12.0 Å². The fraction of sp³-hybridized carbons (Fsp3) is 0.333. The van der Waals surface area contributed by atoms with E-state index >= 15 is 0 Å². The topological polar surface area (TPSA) is 47.6 Å². The second-order valence-corrected chi connectivity index (χ2v) is 3.45. The van der Waals surface area contributed by atoms with Crippen molar-refractivity contribution in [2.24, 2.45) is 0 Å². The largest absolute Gasteiger partial charge is 0.197 e. The number of nitrogens with zero attached hydrogens (tertiary/aromatic N) is 2. The predicted octanol–water partition coefficient (Wildman–Crippen LogP) is 2.75. The Kier molecular flexibility index (Phi) is 2.89. The van der Waals surface area contributed by atoms with Crippen LogP contribution in [0.1, 0.15) is 31.4 Å². The van der Waals surface area contributed by atoms with E-state index in [9.17, 15) is 0 Å². The fourth-order valence-corrected chi connectivity index (χ4v) is 1.39. The Morgan fingerprint density at radius 2 is 1.93 bits per heavy atom. The molecule has 1 aromatic rings. The Morgan fingerprint density at radius 3 is 2.43 bits per heavy atom. The first-order chi connectivity index (χ1) is 6.68.